The van der Waals surface area contributed by atoms with Crippen LogP contribution in [-0.2, 0) is 0 Å². The number of hydrogen-bond acceptors (Lipinski definition) is 3. The van der Waals surface area contributed by atoms with Gasteiger partial charge >= 0.3 is 0 Å². The molecule has 0 aliphatic carbocycles. The van der Waals surface area contributed by atoms with Crippen LogP contribution in [0.1, 0.15) is 26.0 Å². The van der Waals surface area contributed by atoms with Crippen LogP contribution in [0.25, 0.3) is 0 Å². The summed E-state index contributed by atoms with van der Waals surface area (Å²) in [6.07, 6.45) is -4.47. The molecular weight excluding hydrogens is 208 g/mol. The van der Waals surface area contributed by atoms with Gasteiger partial charge in [-0.25, -0.2) is 9.97 Å². The Morgan fingerprint density at radius 3 is 3.27 bits per heavy atom. The highest BCUT2D eigenvalue weighted by atomic mass is 79.9. The lowest BCUT2D eigenvalue weighted by molar-refractivity contribution is 0.231. The SMILES string of the molecule is [2H]c1nc(OC([2H])(C([2H])([2H])[2H])C([2H])([2H])[2H])c([2H])nc1Br. The lowest BCUT2D eigenvalue weighted by atomic mass is 10.5. The largest absolute Gasteiger partial charge is 0.474 e. The highest BCUT2D eigenvalue weighted by Gasteiger charge is 1.97. The van der Waals surface area contributed by atoms with Crippen molar-refractivity contribution in [2.75, 3.05) is 0 Å². The Kier molecular flexibility index (Phi) is 0.807. The lowest BCUT2D eigenvalue weighted by Gasteiger charge is -2.06. The van der Waals surface area contributed by atoms with Crippen LogP contribution in [0, 0.1) is 0 Å². The van der Waals surface area contributed by atoms with Crippen molar-refractivity contribution in [3.05, 3.63) is 16.9 Å². The number of hydrogen-bond donors (Lipinski definition) is 0. The van der Waals surface area contributed by atoms with Gasteiger partial charge in [0.05, 0.1) is 22.5 Å². The summed E-state index contributed by atoms with van der Waals surface area (Å²) >= 11 is 2.83. The fourth-order valence-electron chi connectivity index (χ4n) is 0.386. The van der Waals surface area contributed by atoms with Gasteiger partial charge in [0.15, 0.2) is 0 Å². The molecule has 1 aromatic rings. The number of nitrogens with zero attached hydrogens (tertiary/aromatic N) is 2. The van der Waals surface area contributed by atoms with E-state index in [2.05, 4.69) is 30.6 Å². The molecule has 3 nitrogen and oxygen atoms in total. The minimum Gasteiger partial charge on any atom is -0.474 e. The first kappa shape index (κ1) is 2.42. The molecule has 0 bridgehead atoms. The molecule has 0 fully saturated rings. The van der Waals surface area contributed by atoms with Crippen molar-refractivity contribution >= 4 is 15.9 Å². The van der Waals surface area contributed by atoms with E-state index in [0.29, 0.717) is 0 Å². The minimum absolute atomic E-state index is 0.0896. The van der Waals surface area contributed by atoms with Crippen LogP contribution in [0.4, 0.5) is 0 Å². The molecule has 0 aliphatic rings. The third kappa shape index (κ3) is 2.84. The van der Waals surface area contributed by atoms with Gasteiger partial charge in [-0.05, 0) is 29.6 Å². The molecule has 0 spiro atoms. The molecular formula is C7H9BrN2O. The van der Waals surface area contributed by atoms with E-state index in [1.54, 1.807) is 0 Å². The summed E-state index contributed by atoms with van der Waals surface area (Å²) < 4.78 is 69.9. The van der Waals surface area contributed by atoms with E-state index < -0.39 is 38.0 Å². The molecule has 11 heavy (non-hydrogen) atoms. The standard InChI is InChI=1S/C7H9BrN2O/c1-5(2)11-7-4-9-6(8)3-10-7/h3-5H,1-2H3/i1D3,2D3,3D,4D,5D. The van der Waals surface area contributed by atoms with Gasteiger partial charge in [-0.1, -0.05) is 0 Å². The third-order valence-corrected chi connectivity index (χ3v) is 1.05. The molecule has 0 aliphatic heterocycles. The monoisotopic (exact) mass is 225 g/mol. The van der Waals surface area contributed by atoms with Gasteiger partial charge in [0, 0.05) is 8.22 Å². The predicted molar refractivity (Wildman–Crippen MR) is 45.5 cm³/mol. The van der Waals surface area contributed by atoms with Crippen LogP contribution in [-0.4, -0.2) is 16.0 Å². The Morgan fingerprint density at radius 1 is 1.73 bits per heavy atom. The van der Waals surface area contributed by atoms with E-state index in [-0.39, 0.29) is 4.60 Å². The molecule has 1 heterocycles. The van der Waals surface area contributed by atoms with Crippen LogP contribution >= 0.6 is 15.9 Å². The van der Waals surface area contributed by atoms with E-state index in [1.165, 1.54) is 0 Å². The topological polar surface area (TPSA) is 35.0 Å². The van der Waals surface area contributed by atoms with Crippen LogP contribution < -0.4 is 4.74 Å². The normalized spacial score (nSPS) is 25.4. The molecule has 4 heteroatoms. The van der Waals surface area contributed by atoms with E-state index >= 15 is 0 Å². The van der Waals surface area contributed by atoms with Crippen molar-refractivity contribution in [1.82, 2.24) is 9.97 Å². The Bertz CT molecular complexity index is 500. The lowest BCUT2D eigenvalue weighted by Crippen LogP contribution is -2.06. The van der Waals surface area contributed by atoms with E-state index in [0.717, 1.165) is 0 Å². The van der Waals surface area contributed by atoms with Gasteiger partial charge in [0.1, 0.15) is 4.60 Å². The van der Waals surface area contributed by atoms with Crippen LogP contribution in [0.5, 0.6) is 5.88 Å². The average Bonchev–Trinajstić information content (AvgIpc) is 2.22. The van der Waals surface area contributed by atoms with E-state index in [1.807, 2.05) is 0 Å². The van der Waals surface area contributed by atoms with Crippen LogP contribution in [0.3, 0.4) is 0 Å². The molecule has 0 aromatic carbocycles. The average molecular weight is 226 g/mol. The highest BCUT2D eigenvalue weighted by Crippen LogP contribution is 2.09. The quantitative estimate of drug-likeness (QED) is 0.773. The third-order valence-electron chi connectivity index (χ3n) is 0.698. The summed E-state index contributed by atoms with van der Waals surface area (Å²) in [5.41, 5.74) is 0. The minimum atomic E-state index is -3.32. The second kappa shape index (κ2) is 3.67. The first-order valence-electron chi connectivity index (χ1n) is 6.99. The van der Waals surface area contributed by atoms with E-state index in [9.17, 15) is 0 Å². The predicted octanol–water partition coefficient (Wildman–Crippen LogP) is 2.03. The summed E-state index contributed by atoms with van der Waals surface area (Å²) in [7, 11) is 0. The maximum atomic E-state index is 7.61. The van der Waals surface area contributed by atoms with Gasteiger partial charge in [0.25, 0.3) is 0 Å². The van der Waals surface area contributed by atoms with Crippen molar-refractivity contribution in [1.29, 1.82) is 0 Å². The fraction of sp³-hybridized carbons (Fsp3) is 0.429. The van der Waals surface area contributed by atoms with Crippen molar-refractivity contribution in [3.8, 4) is 5.88 Å². The Hall–Kier alpha value is -0.640. The zero-order valence-corrected chi connectivity index (χ0v) is 6.77. The van der Waals surface area contributed by atoms with Crippen LogP contribution in [0.15, 0.2) is 16.9 Å². The Balaban J connectivity index is 3.33. The smallest absolute Gasteiger partial charge is 0.232 e. The summed E-state index contributed by atoms with van der Waals surface area (Å²) in [5, 5.41) is 0. The number of halogens is 1. The summed E-state index contributed by atoms with van der Waals surface area (Å²) in [5.74, 6) is -0.805. The van der Waals surface area contributed by atoms with Gasteiger partial charge in [-0.2, -0.15) is 0 Å². The summed E-state index contributed by atoms with van der Waals surface area (Å²) in [6.45, 7) is -6.64. The van der Waals surface area contributed by atoms with Gasteiger partial charge < -0.3 is 4.74 Å². The van der Waals surface area contributed by atoms with Gasteiger partial charge in [-0.15, -0.1) is 0 Å². The molecule has 1 rings (SSSR count). The molecule has 0 saturated heterocycles. The van der Waals surface area contributed by atoms with Crippen LogP contribution in [0.2, 0.25) is 0 Å². The zero-order valence-electron chi connectivity index (χ0n) is 14.2. The van der Waals surface area contributed by atoms with Gasteiger partial charge in [0.2, 0.25) is 5.88 Å². The molecule has 0 unspecified atom stereocenters. The first-order valence-corrected chi connectivity index (χ1v) is 3.28. The van der Waals surface area contributed by atoms with E-state index in [4.69, 9.17) is 12.3 Å². The van der Waals surface area contributed by atoms with Crippen molar-refractivity contribution in [2.24, 2.45) is 0 Å². The molecule has 1 aromatic heterocycles. The molecule has 0 amide bonds. The highest BCUT2D eigenvalue weighted by molar-refractivity contribution is 9.10. The number of ether oxygens (including phenoxy) is 1. The maximum Gasteiger partial charge on any atom is 0.232 e. The molecule has 0 atom stereocenters. The van der Waals surface area contributed by atoms with Gasteiger partial charge in [-0.3, -0.25) is 0 Å². The molecule has 0 radical (unpaired) electrons. The fourth-order valence-corrected chi connectivity index (χ4v) is 0.563. The molecule has 0 N–H and O–H groups in total. The number of aromatic nitrogens is 2. The van der Waals surface area contributed by atoms with Crippen molar-refractivity contribution in [2.45, 2.75) is 19.8 Å². The Labute approximate surface area is 86.6 Å². The van der Waals surface area contributed by atoms with Crippen molar-refractivity contribution < 1.29 is 17.1 Å². The zero-order chi connectivity index (χ0) is 15.9. The second-order valence-corrected chi connectivity index (χ2v) is 2.23. The van der Waals surface area contributed by atoms with Crippen molar-refractivity contribution in [3.63, 3.8) is 0 Å². The summed E-state index contributed by atoms with van der Waals surface area (Å²) in [4.78, 5) is 6.89. The molecule has 0 saturated carbocycles. The Morgan fingerprint density at radius 2 is 2.55 bits per heavy atom. The number of rotatable bonds is 2. The first-order chi connectivity index (χ1) is 8.79. The second-order valence-electron chi connectivity index (χ2n) is 1.47. The maximum absolute atomic E-state index is 7.61. The molecule has 60 valence electrons. The summed E-state index contributed by atoms with van der Waals surface area (Å²) in [6, 6.07) is 0.